The molecule has 1 saturated heterocycles. The molecule has 1 rings (SSSR count). The van der Waals surface area contributed by atoms with Gasteiger partial charge in [-0.1, -0.05) is 27.2 Å². The highest BCUT2D eigenvalue weighted by Crippen LogP contribution is 2.13. The van der Waals surface area contributed by atoms with Crippen LogP contribution in [0.15, 0.2) is 0 Å². The van der Waals surface area contributed by atoms with Crippen molar-refractivity contribution < 1.29 is 9.53 Å². The highest BCUT2D eigenvalue weighted by molar-refractivity contribution is 5.84. The van der Waals surface area contributed by atoms with E-state index < -0.39 is 0 Å². The maximum atomic E-state index is 12.0. The van der Waals surface area contributed by atoms with Crippen LogP contribution >= 0.6 is 0 Å². The molecular weight excluding hydrogens is 216 g/mol. The summed E-state index contributed by atoms with van der Waals surface area (Å²) in [4.78, 5) is 13.9. The second-order valence-corrected chi connectivity index (χ2v) is 5.18. The third-order valence-electron chi connectivity index (χ3n) is 3.00. The minimum atomic E-state index is 0.0140. The van der Waals surface area contributed by atoms with Gasteiger partial charge in [0.25, 0.3) is 0 Å². The Kier molecular flexibility index (Phi) is 5.92. The Balaban J connectivity index is 2.30. The number of ether oxygens (including phenoxy) is 1. The van der Waals surface area contributed by atoms with E-state index in [9.17, 15) is 4.79 Å². The van der Waals surface area contributed by atoms with Crippen molar-refractivity contribution in [2.45, 2.75) is 52.7 Å². The molecule has 2 unspecified atom stereocenters. The highest BCUT2D eigenvalue weighted by atomic mass is 16.5. The molecule has 0 bridgehead atoms. The van der Waals surface area contributed by atoms with E-state index in [1.54, 1.807) is 0 Å². The predicted octanol–water partition coefficient (Wildman–Crippen LogP) is 1.61. The largest absolute Gasteiger partial charge is 0.379 e. The van der Waals surface area contributed by atoms with Crippen LogP contribution in [-0.4, -0.2) is 42.8 Å². The van der Waals surface area contributed by atoms with Crippen molar-refractivity contribution in [3.05, 3.63) is 0 Å². The van der Waals surface area contributed by atoms with Crippen LogP contribution in [0, 0.1) is 5.92 Å². The van der Waals surface area contributed by atoms with E-state index in [4.69, 9.17) is 4.74 Å². The fourth-order valence-electron chi connectivity index (χ4n) is 2.12. The molecule has 1 amide bonds. The standard InChI is InChI=1S/C13H26N2O2/c1-5-6-12-13(16)15(11(4)14-12)7-8-17-9-10(2)3/h10-12,14H,5-9H2,1-4H3. The summed E-state index contributed by atoms with van der Waals surface area (Å²) in [5, 5.41) is 3.33. The van der Waals surface area contributed by atoms with Crippen LogP contribution in [0.25, 0.3) is 0 Å². The lowest BCUT2D eigenvalue weighted by molar-refractivity contribution is -0.130. The summed E-state index contributed by atoms with van der Waals surface area (Å²) in [5.41, 5.74) is 0. The first-order chi connectivity index (χ1) is 8.06. The highest BCUT2D eigenvalue weighted by Gasteiger charge is 2.35. The van der Waals surface area contributed by atoms with Crippen molar-refractivity contribution in [3.8, 4) is 0 Å². The number of amides is 1. The molecule has 1 aliphatic rings. The van der Waals surface area contributed by atoms with Gasteiger partial charge in [-0.3, -0.25) is 10.1 Å². The van der Waals surface area contributed by atoms with Crippen LogP contribution in [0.5, 0.6) is 0 Å². The molecule has 0 aromatic carbocycles. The number of nitrogens with one attached hydrogen (secondary N) is 1. The van der Waals surface area contributed by atoms with Crippen LogP contribution in [0.3, 0.4) is 0 Å². The Hall–Kier alpha value is -0.610. The molecule has 2 atom stereocenters. The summed E-state index contributed by atoms with van der Waals surface area (Å²) in [5.74, 6) is 0.778. The molecule has 0 radical (unpaired) electrons. The number of rotatable bonds is 7. The van der Waals surface area contributed by atoms with E-state index in [0.717, 1.165) is 19.4 Å². The predicted molar refractivity (Wildman–Crippen MR) is 68.7 cm³/mol. The fraction of sp³-hybridized carbons (Fsp3) is 0.923. The Morgan fingerprint density at radius 1 is 1.47 bits per heavy atom. The second-order valence-electron chi connectivity index (χ2n) is 5.18. The van der Waals surface area contributed by atoms with Crippen LogP contribution in [-0.2, 0) is 9.53 Å². The monoisotopic (exact) mass is 242 g/mol. The molecular formula is C13H26N2O2. The fourth-order valence-corrected chi connectivity index (χ4v) is 2.12. The molecule has 0 aliphatic carbocycles. The molecule has 0 aromatic rings. The van der Waals surface area contributed by atoms with Gasteiger partial charge in [-0.05, 0) is 19.3 Å². The zero-order valence-electron chi connectivity index (χ0n) is 11.5. The summed E-state index contributed by atoms with van der Waals surface area (Å²) in [6.07, 6.45) is 2.10. The summed E-state index contributed by atoms with van der Waals surface area (Å²) >= 11 is 0. The first kappa shape index (κ1) is 14.5. The number of nitrogens with zero attached hydrogens (tertiary/aromatic N) is 1. The lowest BCUT2D eigenvalue weighted by atomic mass is 10.2. The molecule has 0 saturated carbocycles. The van der Waals surface area contributed by atoms with E-state index >= 15 is 0 Å². The van der Waals surface area contributed by atoms with E-state index in [1.165, 1.54) is 0 Å². The molecule has 1 aliphatic heterocycles. The minimum absolute atomic E-state index is 0.0140. The Labute approximate surface area is 105 Å². The normalized spacial score (nSPS) is 25.0. The summed E-state index contributed by atoms with van der Waals surface area (Å²) in [7, 11) is 0. The zero-order valence-corrected chi connectivity index (χ0v) is 11.5. The maximum absolute atomic E-state index is 12.0. The lowest BCUT2D eigenvalue weighted by Crippen LogP contribution is -2.37. The Bertz CT molecular complexity index is 244. The molecule has 17 heavy (non-hydrogen) atoms. The molecule has 0 spiro atoms. The van der Waals surface area contributed by atoms with Crippen molar-refractivity contribution in [1.82, 2.24) is 10.2 Å². The smallest absolute Gasteiger partial charge is 0.241 e. The average molecular weight is 242 g/mol. The molecule has 4 heteroatoms. The Morgan fingerprint density at radius 3 is 2.76 bits per heavy atom. The summed E-state index contributed by atoms with van der Waals surface area (Å²) in [6.45, 7) is 10.5. The molecule has 1 fully saturated rings. The molecule has 4 nitrogen and oxygen atoms in total. The molecule has 100 valence electrons. The second kappa shape index (κ2) is 6.97. The first-order valence-electron chi connectivity index (χ1n) is 6.70. The summed E-state index contributed by atoms with van der Waals surface area (Å²) < 4.78 is 5.53. The van der Waals surface area contributed by atoms with E-state index in [1.807, 2.05) is 11.8 Å². The number of carbonyl (C=O) groups excluding carboxylic acids is 1. The van der Waals surface area contributed by atoms with Gasteiger partial charge in [0.05, 0.1) is 18.8 Å². The Morgan fingerprint density at radius 2 is 2.18 bits per heavy atom. The van der Waals surface area contributed by atoms with Crippen LogP contribution in [0.4, 0.5) is 0 Å². The summed E-state index contributed by atoms with van der Waals surface area (Å²) in [6, 6.07) is 0.0140. The van der Waals surface area contributed by atoms with Gasteiger partial charge in [-0.15, -0.1) is 0 Å². The van der Waals surface area contributed by atoms with Crippen molar-refractivity contribution in [1.29, 1.82) is 0 Å². The zero-order chi connectivity index (χ0) is 12.8. The van der Waals surface area contributed by atoms with Gasteiger partial charge in [0.15, 0.2) is 0 Å². The van der Waals surface area contributed by atoms with Crippen molar-refractivity contribution in [2.75, 3.05) is 19.8 Å². The van der Waals surface area contributed by atoms with E-state index in [-0.39, 0.29) is 18.1 Å². The number of carbonyl (C=O) groups is 1. The van der Waals surface area contributed by atoms with Crippen molar-refractivity contribution in [2.24, 2.45) is 5.92 Å². The molecule has 1 N–H and O–H groups in total. The van der Waals surface area contributed by atoms with Gasteiger partial charge < -0.3 is 9.64 Å². The van der Waals surface area contributed by atoms with Gasteiger partial charge in [-0.2, -0.15) is 0 Å². The SMILES string of the molecule is CCCC1NC(C)N(CCOCC(C)C)C1=O. The average Bonchev–Trinajstić information content (AvgIpc) is 2.51. The third-order valence-corrected chi connectivity index (χ3v) is 3.00. The molecule has 0 aromatic heterocycles. The van der Waals surface area contributed by atoms with Crippen LogP contribution < -0.4 is 5.32 Å². The number of hydrogen-bond donors (Lipinski definition) is 1. The maximum Gasteiger partial charge on any atom is 0.241 e. The third kappa shape index (κ3) is 4.28. The van der Waals surface area contributed by atoms with Gasteiger partial charge in [0.1, 0.15) is 0 Å². The number of hydrogen-bond acceptors (Lipinski definition) is 3. The van der Waals surface area contributed by atoms with Crippen molar-refractivity contribution >= 4 is 5.91 Å². The molecule has 1 heterocycles. The minimum Gasteiger partial charge on any atom is -0.379 e. The van der Waals surface area contributed by atoms with E-state index in [2.05, 4.69) is 26.1 Å². The van der Waals surface area contributed by atoms with Gasteiger partial charge in [0, 0.05) is 13.2 Å². The quantitative estimate of drug-likeness (QED) is 0.690. The van der Waals surface area contributed by atoms with Gasteiger partial charge >= 0.3 is 0 Å². The van der Waals surface area contributed by atoms with Gasteiger partial charge in [0.2, 0.25) is 5.91 Å². The first-order valence-corrected chi connectivity index (χ1v) is 6.70. The topological polar surface area (TPSA) is 41.6 Å². The van der Waals surface area contributed by atoms with Gasteiger partial charge in [-0.25, -0.2) is 0 Å². The van der Waals surface area contributed by atoms with Crippen molar-refractivity contribution in [3.63, 3.8) is 0 Å². The van der Waals surface area contributed by atoms with E-state index in [0.29, 0.717) is 19.1 Å². The lowest BCUT2D eigenvalue weighted by Gasteiger charge is -2.20. The van der Waals surface area contributed by atoms with Crippen LogP contribution in [0.1, 0.15) is 40.5 Å². The van der Waals surface area contributed by atoms with Crippen LogP contribution in [0.2, 0.25) is 0 Å².